The van der Waals surface area contributed by atoms with E-state index in [1.165, 1.54) is 103 Å². The molecule has 0 aromatic rings. The molecule has 2 heteroatoms. The zero-order valence-corrected chi connectivity index (χ0v) is 16.5. The predicted molar refractivity (Wildman–Crippen MR) is 103 cm³/mol. The van der Waals surface area contributed by atoms with Gasteiger partial charge in [-0.15, -0.1) is 0 Å². The highest BCUT2D eigenvalue weighted by Gasteiger charge is 2.01. The molecule has 0 aromatic carbocycles. The molecule has 1 radical (unpaired) electrons. The molecule has 0 aliphatic rings. The Balaban J connectivity index is 3.13. The molecule has 0 aliphatic heterocycles. The first-order chi connectivity index (χ1) is 10.8. The average Bonchev–Trinajstić information content (AvgIpc) is 2.52. The van der Waals surface area contributed by atoms with E-state index in [0.29, 0.717) is 0 Å². The summed E-state index contributed by atoms with van der Waals surface area (Å²) in [6.45, 7) is 4.53. The molecule has 0 atom stereocenters. The quantitative estimate of drug-likeness (QED) is 0.183. The van der Waals surface area contributed by atoms with Crippen molar-refractivity contribution >= 4 is 7.80 Å². The van der Waals surface area contributed by atoms with Crippen molar-refractivity contribution < 1.29 is 4.57 Å². The molecule has 0 saturated carbocycles. The fraction of sp³-hybridized carbons (Fsp3) is 1.00. The van der Waals surface area contributed by atoms with Gasteiger partial charge in [0.2, 0.25) is 0 Å². The number of unbranched alkanes of at least 4 members (excludes halogenated alkanes) is 14. The number of hydrogen-bond acceptors (Lipinski definition) is 1. The summed E-state index contributed by atoms with van der Waals surface area (Å²) in [5.41, 5.74) is 0. The van der Waals surface area contributed by atoms with Gasteiger partial charge in [0, 0.05) is 12.3 Å². The molecule has 0 fully saturated rings. The molecule has 0 saturated heterocycles. The third-order valence-corrected chi connectivity index (χ3v) is 6.15. The molecule has 0 heterocycles. The van der Waals surface area contributed by atoms with Crippen LogP contribution in [0.15, 0.2) is 0 Å². The van der Waals surface area contributed by atoms with Crippen LogP contribution in [0.3, 0.4) is 0 Å². The Labute approximate surface area is 141 Å². The summed E-state index contributed by atoms with van der Waals surface area (Å²) in [7, 11) is -0.891. The molecule has 0 N–H and O–H groups in total. The minimum atomic E-state index is -0.891. The Hall–Kier alpha value is 0.100. The fourth-order valence-electron chi connectivity index (χ4n) is 2.96. The van der Waals surface area contributed by atoms with Crippen LogP contribution in [0, 0.1) is 0 Å². The monoisotopic (exact) mass is 329 g/mol. The lowest BCUT2D eigenvalue weighted by atomic mass is 10.1. The molecule has 0 spiro atoms. The Morgan fingerprint density at radius 2 is 0.727 bits per heavy atom. The Morgan fingerprint density at radius 1 is 0.455 bits per heavy atom. The first-order valence-corrected chi connectivity index (χ1v) is 11.9. The topological polar surface area (TPSA) is 17.1 Å². The van der Waals surface area contributed by atoms with Crippen molar-refractivity contribution in [1.82, 2.24) is 0 Å². The molecule has 0 bridgehead atoms. The van der Waals surface area contributed by atoms with Crippen LogP contribution in [0.25, 0.3) is 0 Å². The Bertz CT molecular complexity index is 206. The maximum absolute atomic E-state index is 11.9. The van der Waals surface area contributed by atoms with E-state index in [1.807, 2.05) is 0 Å². The SMILES string of the molecule is CCCCCCCCCC[P](=O)CCCCCCCCCC. The summed E-state index contributed by atoms with van der Waals surface area (Å²) in [5.74, 6) is 0. The molecule has 1 nitrogen and oxygen atoms in total. The normalized spacial score (nSPS) is 11.0. The summed E-state index contributed by atoms with van der Waals surface area (Å²) >= 11 is 0. The molecule has 0 unspecified atom stereocenters. The van der Waals surface area contributed by atoms with Crippen molar-refractivity contribution in [2.24, 2.45) is 0 Å². The second kappa shape index (κ2) is 19.1. The average molecular weight is 330 g/mol. The van der Waals surface area contributed by atoms with Gasteiger partial charge in [-0.1, -0.05) is 104 Å². The van der Waals surface area contributed by atoms with Crippen molar-refractivity contribution in [1.29, 1.82) is 0 Å². The van der Waals surface area contributed by atoms with Crippen LogP contribution in [0.4, 0.5) is 0 Å². The Morgan fingerprint density at radius 3 is 1.05 bits per heavy atom. The standard InChI is InChI=1S/C20H42OP/c1-3-5-7-9-11-13-15-17-19-22(21)20-18-16-14-12-10-8-6-4-2/h3-20H2,1-2H3. The Kier molecular flexibility index (Phi) is 19.2. The van der Waals surface area contributed by atoms with Crippen LogP contribution >= 0.6 is 7.80 Å². The van der Waals surface area contributed by atoms with E-state index >= 15 is 0 Å². The van der Waals surface area contributed by atoms with Gasteiger partial charge in [-0.2, -0.15) is 0 Å². The van der Waals surface area contributed by atoms with Crippen LogP contribution in [0.1, 0.15) is 117 Å². The maximum Gasteiger partial charge on any atom is 0.0718 e. The third-order valence-electron chi connectivity index (χ3n) is 4.52. The van der Waals surface area contributed by atoms with E-state index in [2.05, 4.69) is 13.8 Å². The number of hydrogen-bond donors (Lipinski definition) is 0. The highest BCUT2D eigenvalue weighted by atomic mass is 31.1. The molecule has 0 aliphatic carbocycles. The highest BCUT2D eigenvalue weighted by molar-refractivity contribution is 7.44. The summed E-state index contributed by atoms with van der Waals surface area (Å²) < 4.78 is 11.9. The lowest BCUT2D eigenvalue weighted by molar-refractivity contribution is 0.566. The van der Waals surface area contributed by atoms with E-state index in [0.717, 1.165) is 12.3 Å². The second-order valence-corrected chi connectivity index (χ2v) is 8.74. The van der Waals surface area contributed by atoms with E-state index in [9.17, 15) is 4.57 Å². The maximum atomic E-state index is 11.9. The van der Waals surface area contributed by atoms with E-state index in [-0.39, 0.29) is 0 Å². The molecule has 0 amide bonds. The molecule has 0 aromatic heterocycles. The smallest absolute Gasteiger partial charge is 0.0718 e. The van der Waals surface area contributed by atoms with Crippen LogP contribution in [0.2, 0.25) is 0 Å². The van der Waals surface area contributed by atoms with Crippen LogP contribution in [-0.4, -0.2) is 12.3 Å². The molecule has 133 valence electrons. The lowest BCUT2D eigenvalue weighted by Crippen LogP contribution is -1.87. The summed E-state index contributed by atoms with van der Waals surface area (Å²) in [6.07, 6.45) is 23.5. The van der Waals surface area contributed by atoms with Crippen LogP contribution in [-0.2, 0) is 4.57 Å². The molecule has 22 heavy (non-hydrogen) atoms. The van der Waals surface area contributed by atoms with Gasteiger partial charge in [0.05, 0.1) is 7.80 Å². The predicted octanol–water partition coefficient (Wildman–Crippen LogP) is 8.10. The van der Waals surface area contributed by atoms with Gasteiger partial charge in [-0.25, -0.2) is 0 Å². The largest absolute Gasteiger partial charge is 0.287 e. The minimum Gasteiger partial charge on any atom is -0.287 e. The van der Waals surface area contributed by atoms with Gasteiger partial charge in [-0.3, -0.25) is 4.57 Å². The van der Waals surface area contributed by atoms with Crippen molar-refractivity contribution in [3.63, 3.8) is 0 Å². The van der Waals surface area contributed by atoms with Gasteiger partial charge >= 0.3 is 0 Å². The molecular formula is C20H42OP. The molecular weight excluding hydrogens is 287 g/mol. The van der Waals surface area contributed by atoms with Gasteiger partial charge in [-0.05, 0) is 12.8 Å². The summed E-state index contributed by atoms with van der Waals surface area (Å²) in [6, 6.07) is 0. The van der Waals surface area contributed by atoms with Crippen molar-refractivity contribution in [3.8, 4) is 0 Å². The highest BCUT2D eigenvalue weighted by Crippen LogP contribution is 2.25. The first-order valence-electron chi connectivity index (χ1n) is 10.2. The summed E-state index contributed by atoms with van der Waals surface area (Å²) in [5, 5.41) is 0. The molecule has 0 rings (SSSR count). The first kappa shape index (κ1) is 22.1. The van der Waals surface area contributed by atoms with Gasteiger partial charge < -0.3 is 0 Å². The summed E-state index contributed by atoms with van der Waals surface area (Å²) in [4.78, 5) is 0. The fourth-order valence-corrected chi connectivity index (χ4v) is 4.33. The van der Waals surface area contributed by atoms with Gasteiger partial charge in [0.25, 0.3) is 0 Å². The minimum absolute atomic E-state index is 0.891. The zero-order chi connectivity index (χ0) is 16.3. The van der Waals surface area contributed by atoms with E-state index in [4.69, 9.17) is 0 Å². The van der Waals surface area contributed by atoms with Crippen LogP contribution < -0.4 is 0 Å². The van der Waals surface area contributed by atoms with Gasteiger partial charge in [0.1, 0.15) is 0 Å². The van der Waals surface area contributed by atoms with E-state index in [1.54, 1.807) is 0 Å². The number of rotatable bonds is 18. The third kappa shape index (κ3) is 18.1. The van der Waals surface area contributed by atoms with Crippen molar-refractivity contribution in [3.05, 3.63) is 0 Å². The zero-order valence-electron chi connectivity index (χ0n) is 15.6. The van der Waals surface area contributed by atoms with Gasteiger partial charge in [0.15, 0.2) is 0 Å². The van der Waals surface area contributed by atoms with Crippen molar-refractivity contribution in [2.45, 2.75) is 117 Å². The second-order valence-electron chi connectivity index (χ2n) is 6.88. The van der Waals surface area contributed by atoms with Crippen molar-refractivity contribution in [2.75, 3.05) is 12.3 Å². The van der Waals surface area contributed by atoms with Crippen LogP contribution in [0.5, 0.6) is 0 Å². The lowest BCUT2D eigenvalue weighted by Gasteiger charge is -2.03. The van der Waals surface area contributed by atoms with E-state index < -0.39 is 7.80 Å².